The van der Waals surface area contributed by atoms with Crippen LogP contribution < -0.4 is 4.74 Å². The second-order valence-electron chi connectivity index (χ2n) is 6.81. The lowest BCUT2D eigenvalue weighted by Gasteiger charge is -2.32. The van der Waals surface area contributed by atoms with Crippen molar-refractivity contribution in [3.8, 4) is 17.1 Å². The average molecular weight is 394 g/mol. The van der Waals surface area contributed by atoms with E-state index in [-0.39, 0.29) is 18.6 Å². The molecule has 3 aromatic rings. The number of ether oxygens (including phenoxy) is 2. The van der Waals surface area contributed by atoms with Crippen LogP contribution in [0.5, 0.6) is 5.75 Å². The Kier molecular flexibility index (Phi) is 5.81. The summed E-state index contributed by atoms with van der Waals surface area (Å²) in [5, 5.41) is 3.98. The van der Waals surface area contributed by atoms with Gasteiger partial charge in [-0.05, 0) is 43.2 Å². The third kappa shape index (κ3) is 4.60. The summed E-state index contributed by atoms with van der Waals surface area (Å²) in [6, 6.07) is 10.8. The lowest BCUT2D eigenvalue weighted by Crippen LogP contribution is -2.43. The maximum absolute atomic E-state index is 12.8. The smallest absolute Gasteiger partial charge is 0.254 e. The van der Waals surface area contributed by atoms with Gasteiger partial charge in [0.2, 0.25) is 5.82 Å². The third-order valence-corrected chi connectivity index (χ3v) is 4.83. The molecule has 3 heterocycles. The van der Waals surface area contributed by atoms with Crippen LogP contribution in [0.25, 0.3) is 11.4 Å². The molecule has 0 saturated carbocycles. The first-order chi connectivity index (χ1) is 14.2. The molecule has 0 radical (unpaired) electrons. The maximum atomic E-state index is 12.8. The average Bonchev–Trinajstić information content (AvgIpc) is 3.27. The molecule has 8 nitrogen and oxygen atoms in total. The van der Waals surface area contributed by atoms with E-state index >= 15 is 0 Å². The van der Waals surface area contributed by atoms with Crippen molar-refractivity contribution in [3.05, 3.63) is 60.2 Å². The minimum Gasteiger partial charge on any atom is -0.497 e. The Hall–Kier alpha value is -3.26. The van der Waals surface area contributed by atoms with Crippen molar-refractivity contribution in [2.45, 2.75) is 25.6 Å². The van der Waals surface area contributed by atoms with E-state index in [4.69, 9.17) is 14.0 Å². The van der Waals surface area contributed by atoms with Gasteiger partial charge in [-0.15, -0.1) is 0 Å². The van der Waals surface area contributed by atoms with E-state index in [1.807, 2.05) is 29.2 Å². The number of aromatic nitrogens is 3. The molecule has 2 aromatic heterocycles. The lowest BCUT2D eigenvalue weighted by atomic mass is 10.1. The van der Waals surface area contributed by atoms with Crippen molar-refractivity contribution in [1.82, 2.24) is 20.0 Å². The Labute approximate surface area is 168 Å². The van der Waals surface area contributed by atoms with Gasteiger partial charge >= 0.3 is 0 Å². The number of nitrogens with zero attached hydrogens (tertiary/aromatic N) is 4. The Morgan fingerprint density at radius 2 is 2.14 bits per heavy atom. The van der Waals surface area contributed by atoms with Crippen molar-refractivity contribution in [2.24, 2.45) is 0 Å². The summed E-state index contributed by atoms with van der Waals surface area (Å²) in [5.74, 6) is 1.56. The van der Waals surface area contributed by atoms with Crippen LogP contribution in [0.2, 0.25) is 0 Å². The highest BCUT2D eigenvalue weighted by atomic mass is 16.5. The SMILES string of the molecule is COc1cccc(C(=O)N2CCCC(OCc3nc(-c4ccncc4)no3)C2)c1. The second kappa shape index (κ2) is 8.83. The minimum atomic E-state index is -0.0745. The van der Waals surface area contributed by atoms with Crippen LogP contribution in [-0.2, 0) is 11.3 Å². The fourth-order valence-corrected chi connectivity index (χ4v) is 3.32. The first-order valence-corrected chi connectivity index (χ1v) is 9.51. The number of methoxy groups -OCH3 is 1. The zero-order valence-corrected chi connectivity index (χ0v) is 16.2. The largest absolute Gasteiger partial charge is 0.497 e. The highest BCUT2D eigenvalue weighted by molar-refractivity contribution is 5.94. The lowest BCUT2D eigenvalue weighted by molar-refractivity contribution is -0.0153. The molecule has 4 rings (SSSR count). The maximum Gasteiger partial charge on any atom is 0.254 e. The van der Waals surface area contributed by atoms with Gasteiger partial charge in [-0.2, -0.15) is 4.98 Å². The molecule has 150 valence electrons. The van der Waals surface area contributed by atoms with E-state index < -0.39 is 0 Å². The Morgan fingerprint density at radius 1 is 1.28 bits per heavy atom. The van der Waals surface area contributed by atoms with E-state index in [9.17, 15) is 4.79 Å². The van der Waals surface area contributed by atoms with E-state index in [0.29, 0.717) is 36.1 Å². The molecular formula is C21H22N4O4. The summed E-state index contributed by atoms with van der Waals surface area (Å²) in [7, 11) is 1.59. The quantitative estimate of drug-likeness (QED) is 0.635. The first kappa shape index (κ1) is 19.1. The Balaban J connectivity index is 1.34. The number of likely N-dealkylation sites (tertiary alicyclic amines) is 1. The predicted octanol–water partition coefficient (Wildman–Crippen LogP) is 2.96. The molecule has 1 fully saturated rings. The molecule has 1 amide bonds. The number of amides is 1. The fraction of sp³-hybridized carbons (Fsp3) is 0.333. The fourth-order valence-electron chi connectivity index (χ4n) is 3.32. The number of hydrogen-bond acceptors (Lipinski definition) is 7. The summed E-state index contributed by atoms with van der Waals surface area (Å²) in [6.45, 7) is 1.45. The molecule has 29 heavy (non-hydrogen) atoms. The van der Waals surface area contributed by atoms with E-state index in [0.717, 1.165) is 18.4 Å². The van der Waals surface area contributed by atoms with Crippen LogP contribution >= 0.6 is 0 Å². The van der Waals surface area contributed by atoms with Crippen molar-refractivity contribution >= 4 is 5.91 Å². The molecule has 1 atom stereocenters. The van der Waals surface area contributed by atoms with Gasteiger partial charge in [-0.25, -0.2) is 0 Å². The third-order valence-electron chi connectivity index (χ3n) is 4.83. The van der Waals surface area contributed by atoms with Gasteiger partial charge in [0.15, 0.2) is 0 Å². The standard InChI is InChI=1S/C21H22N4O4/c1-27-17-5-2-4-16(12-17)21(26)25-11-3-6-18(13-25)28-14-19-23-20(24-29-19)15-7-9-22-10-8-15/h2,4-5,7-10,12,18H,3,6,11,13-14H2,1H3. The number of carbonyl (C=O) groups excluding carboxylic acids is 1. The van der Waals surface area contributed by atoms with Crippen LogP contribution in [-0.4, -0.2) is 52.2 Å². The second-order valence-corrected chi connectivity index (χ2v) is 6.81. The van der Waals surface area contributed by atoms with Gasteiger partial charge in [0, 0.05) is 36.6 Å². The summed E-state index contributed by atoms with van der Waals surface area (Å²) in [5.41, 5.74) is 1.45. The molecule has 1 saturated heterocycles. The predicted molar refractivity (Wildman–Crippen MR) is 104 cm³/mol. The topological polar surface area (TPSA) is 90.6 Å². The van der Waals surface area contributed by atoms with Crippen molar-refractivity contribution in [3.63, 3.8) is 0 Å². The van der Waals surface area contributed by atoms with Crippen LogP contribution in [0.1, 0.15) is 29.1 Å². The van der Waals surface area contributed by atoms with E-state index in [2.05, 4.69) is 15.1 Å². The first-order valence-electron chi connectivity index (χ1n) is 9.51. The number of rotatable bonds is 6. The van der Waals surface area contributed by atoms with Crippen molar-refractivity contribution in [2.75, 3.05) is 20.2 Å². The van der Waals surface area contributed by atoms with Gasteiger partial charge < -0.3 is 18.9 Å². The van der Waals surface area contributed by atoms with Crippen LogP contribution in [0.4, 0.5) is 0 Å². The van der Waals surface area contributed by atoms with Crippen molar-refractivity contribution < 1.29 is 18.8 Å². The number of benzene rings is 1. The number of hydrogen-bond donors (Lipinski definition) is 0. The molecule has 1 aliphatic rings. The summed E-state index contributed by atoms with van der Waals surface area (Å²) in [4.78, 5) is 23.0. The van der Waals surface area contributed by atoms with E-state index in [1.54, 1.807) is 31.6 Å². The number of piperidine rings is 1. The zero-order chi connectivity index (χ0) is 20.1. The number of pyridine rings is 1. The van der Waals surface area contributed by atoms with Gasteiger partial charge in [0.25, 0.3) is 11.8 Å². The monoisotopic (exact) mass is 394 g/mol. The van der Waals surface area contributed by atoms with Gasteiger partial charge in [-0.3, -0.25) is 9.78 Å². The summed E-state index contributed by atoms with van der Waals surface area (Å²) in [6.07, 6.45) is 5.05. The van der Waals surface area contributed by atoms with Crippen LogP contribution in [0.3, 0.4) is 0 Å². The highest BCUT2D eigenvalue weighted by Gasteiger charge is 2.25. The molecular weight excluding hydrogens is 372 g/mol. The Morgan fingerprint density at radius 3 is 2.97 bits per heavy atom. The van der Waals surface area contributed by atoms with Gasteiger partial charge in [0.05, 0.1) is 13.2 Å². The molecule has 0 N–H and O–H groups in total. The highest BCUT2D eigenvalue weighted by Crippen LogP contribution is 2.20. The molecule has 0 aliphatic carbocycles. The molecule has 1 aromatic carbocycles. The zero-order valence-electron chi connectivity index (χ0n) is 16.2. The molecule has 0 spiro atoms. The number of carbonyl (C=O) groups is 1. The van der Waals surface area contributed by atoms with Crippen molar-refractivity contribution in [1.29, 1.82) is 0 Å². The minimum absolute atomic E-state index is 0.0186. The van der Waals surface area contributed by atoms with Gasteiger partial charge in [-0.1, -0.05) is 11.2 Å². The summed E-state index contributed by atoms with van der Waals surface area (Å²) < 4.78 is 16.4. The normalized spacial score (nSPS) is 16.6. The molecule has 1 aliphatic heterocycles. The molecule has 1 unspecified atom stereocenters. The van der Waals surface area contributed by atoms with E-state index in [1.165, 1.54) is 0 Å². The summed E-state index contributed by atoms with van der Waals surface area (Å²) >= 11 is 0. The van der Waals surface area contributed by atoms with Crippen LogP contribution in [0.15, 0.2) is 53.3 Å². The van der Waals surface area contributed by atoms with Gasteiger partial charge in [0.1, 0.15) is 12.4 Å². The van der Waals surface area contributed by atoms with Crippen LogP contribution in [0, 0.1) is 0 Å². The molecule has 8 heteroatoms. The molecule has 0 bridgehead atoms. The Bertz CT molecular complexity index is 960.